The van der Waals surface area contributed by atoms with Gasteiger partial charge in [0, 0.05) is 13.1 Å². The van der Waals surface area contributed by atoms with E-state index in [1.165, 1.54) is 6.07 Å². The lowest BCUT2D eigenvalue weighted by atomic mass is 10.3. The largest absolute Gasteiger partial charge is 0.477 e. The number of aromatic carboxylic acids is 1. The van der Waals surface area contributed by atoms with E-state index in [0.717, 1.165) is 25.9 Å². The summed E-state index contributed by atoms with van der Waals surface area (Å²) in [6.45, 7) is 1.80. The van der Waals surface area contributed by atoms with Crippen molar-refractivity contribution in [3.05, 3.63) is 22.8 Å². The van der Waals surface area contributed by atoms with Gasteiger partial charge in [-0.15, -0.1) is 0 Å². The summed E-state index contributed by atoms with van der Waals surface area (Å²) in [6.07, 6.45) is 2.21. The molecule has 1 aliphatic heterocycles. The topological polar surface area (TPSA) is 53.4 Å². The minimum Gasteiger partial charge on any atom is -0.477 e. The summed E-state index contributed by atoms with van der Waals surface area (Å²) in [5.41, 5.74) is 0.0429. The van der Waals surface area contributed by atoms with Gasteiger partial charge in [0.15, 0.2) is 5.69 Å². The summed E-state index contributed by atoms with van der Waals surface area (Å²) in [4.78, 5) is 16.8. The first kappa shape index (κ1) is 10.2. The van der Waals surface area contributed by atoms with Crippen LogP contribution in [-0.4, -0.2) is 29.1 Å². The average molecular weight is 227 g/mol. The highest BCUT2D eigenvalue weighted by Crippen LogP contribution is 2.26. The Hall–Kier alpha value is -1.29. The molecule has 0 aliphatic carbocycles. The number of aromatic nitrogens is 1. The van der Waals surface area contributed by atoms with Crippen molar-refractivity contribution in [2.24, 2.45) is 0 Å². The molecule has 0 saturated carbocycles. The van der Waals surface area contributed by atoms with E-state index in [1.807, 2.05) is 4.90 Å². The molecule has 1 fully saturated rings. The molecule has 0 unspecified atom stereocenters. The van der Waals surface area contributed by atoms with Crippen LogP contribution in [0.15, 0.2) is 12.1 Å². The summed E-state index contributed by atoms with van der Waals surface area (Å²) in [7, 11) is 0. The van der Waals surface area contributed by atoms with Crippen molar-refractivity contribution in [3.63, 3.8) is 0 Å². The molecule has 1 aromatic heterocycles. The van der Waals surface area contributed by atoms with Crippen LogP contribution in [0, 0.1) is 0 Å². The fraction of sp³-hybridized carbons (Fsp3) is 0.400. The second kappa shape index (κ2) is 4.06. The number of hydrogen-bond donors (Lipinski definition) is 1. The van der Waals surface area contributed by atoms with Gasteiger partial charge in [0.2, 0.25) is 0 Å². The molecule has 0 bridgehead atoms. The van der Waals surface area contributed by atoms with Crippen LogP contribution in [0.1, 0.15) is 23.3 Å². The third-order valence-corrected chi connectivity index (χ3v) is 2.75. The molecule has 2 heterocycles. The highest BCUT2D eigenvalue weighted by molar-refractivity contribution is 6.33. The number of pyridine rings is 1. The molecule has 15 heavy (non-hydrogen) atoms. The maximum Gasteiger partial charge on any atom is 0.354 e. The minimum absolute atomic E-state index is 0.0429. The first-order valence-corrected chi connectivity index (χ1v) is 5.21. The molecule has 2 rings (SSSR count). The van der Waals surface area contributed by atoms with Crippen molar-refractivity contribution in [2.45, 2.75) is 12.8 Å². The molecule has 5 heteroatoms. The highest BCUT2D eigenvalue weighted by Gasteiger charge is 2.18. The van der Waals surface area contributed by atoms with Gasteiger partial charge in [-0.2, -0.15) is 0 Å². The lowest BCUT2D eigenvalue weighted by molar-refractivity contribution is 0.0690. The van der Waals surface area contributed by atoms with E-state index in [4.69, 9.17) is 16.7 Å². The van der Waals surface area contributed by atoms with E-state index in [1.54, 1.807) is 6.07 Å². The van der Waals surface area contributed by atoms with Crippen molar-refractivity contribution in [3.8, 4) is 0 Å². The summed E-state index contributed by atoms with van der Waals surface area (Å²) >= 11 is 5.98. The third-order valence-electron chi connectivity index (χ3n) is 2.45. The number of hydrogen-bond acceptors (Lipinski definition) is 3. The van der Waals surface area contributed by atoms with Crippen molar-refractivity contribution in [1.29, 1.82) is 0 Å². The SMILES string of the molecule is O=C(O)c1ccc(Cl)c(N2CCCC2)n1. The number of rotatable bonds is 2. The van der Waals surface area contributed by atoms with Gasteiger partial charge in [0.1, 0.15) is 5.82 Å². The average Bonchev–Trinajstić information content (AvgIpc) is 2.71. The molecule has 1 N–H and O–H groups in total. The molecule has 80 valence electrons. The van der Waals surface area contributed by atoms with Gasteiger partial charge < -0.3 is 10.0 Å². The summed E-state index contributed by atoms with van der Waals surface area (Å²) < 4.78 is 0. The van der Waals surface area contributed by atoms with Crippen molar-refractivity contribution in [2.75, 3.05) is 18.0 Å². The van der Waals surface area contributed by atoms with Crippen LogP contribution in [0.2, 0.25) is 5.02 Å². The summed E-state index contributed by atoms with van der Waals surface area (Å²) in [5, 5.41) is 9.33. The molecule has 4 nitrogen and oxygen atoms in total. The number of nitrogens with zero attached hydrogens (tertiary/aromatic N) is 2. The standard InChI is InChI=1S/C10H11ClN2O2/c11-7-3-4-8(10(14)15)12-9(7)13-5-1-2-6-13/h3-4H,1-2,5-6H2,(H,14,15). The number of carboxylic acid groups (broad SMARTS) is 1. The molecule has 1 aromatic rings. The van der Waals surface area contributed by atoms with Gasteiger partial charge in [-0.25, -0.2) is 9.78 Å². The quantitative estimate of drug-likeness (QED) is 0.839. The monoisotopic (exact) mass is 226 g/mol. The van der Waals surface area contributed by atoms with Gasteiger partial charge in [-0.05, 0) is 25.0 Å². The molecule has 0 aromatic carbocycles. The second-order valence-electron chi connectivity index (χ2n) is 3.50. The van der Waals surface area contributed by atoms with Crippen LogP contribution >= 0.6 is 11.6 Å². The lowest BCUT2D eigenvalue weighted by Crippen LogP contribution is -2.20. The van der Waals surface area contributed by atoms with Crippen LogP contribution in [0.5, 0.6) is 0 Å². The van der Waals surface area contributed by atoms with E-state index < -0.39 is 5.97 Å². The van der Waals surface area contributed by atoms with Gasteiger partial charge in [-0.3, -0.25) is 0 Å². The van der Waals surface area contributed by atoms with Gasteiger partial charge >= 0.3 is 5.97 Å². The van der Waals surface area contributed by atoms with Crippen molar-refractivity contribution >= 4 is 23.4 Å². The van der Waals surface area contributed by atoms with Crippen molar-refractivity contribution < 1.29 is 9.90 Å². The number of carboxylic acids is 1. The zero-order valence-corrected chi connectivity index (χ0v) is 8.87. The molecular formula is C10H11ClN2O2. The van der Waals surface area contributed by atoms with E-state index in [0.29, 0.717) is 10.8 Å². The van der Waals surface area contributed by atoms with E-state index >= 15 is 0 Å². The third kappa shape index (κ3) is 2.04. The lowest BCUT2D eigenvalue weighted by Gasteiger charge is -2.17. The minimum atomic E-state index is -1.02. The predicted molar refractivity (Wildman–Crippen MR) is 57.7 cm³/mol. The molecule has 0 atom stereocenters. The second-order valence-corrected chi connectivity index (χ2v) is 3.91. The Morgan fingerprint density at radius 2 is 2.07 bits per heavy atom. The van der Waals surface area contributed by atoms with E-state index in [-0.39, 0.29) is 5.69 Å². The normalized spacial score (nSPS) is 15.7. The van der Waals surface area contributed by atoms with Crippen LogP contribution in [0.3, 0.4) is 0 Å². The highest BCUT2D eigenvalue weighted by atomic mass is 35.5. The number of anilines is 1. The summed E-state index contributed by atoms with van der Waals surface area (Å²) in [5.74, 6) is -0.429. The van der Waals surface area contributed by atoms with Crippen LogP contribution in [-0.2, 0) is 0 Å². The van der Waals surface area contributed by atoms with Crippen LogP contribution < -0.4 is 4.90 Å². The Morgan fingerprint density at radius 3 is 2.67 bits per heavy atom. The number of halogens is 1. The van der Waals surface area contributed by atoms with E-state index in [9.17, 15) is 4.79 Å². The Morgan fingerprint density at radius 1 is 1.40 bits per heavy atom. The Labute approximate surface area is 92.5 Å². The fourth-order valence-corrected chi connectivity index (χ4v) is 1.93. The zero-order valence-electron chi connectivity index (χ0n) is 8.11. The van der Waals surface area contributed by atoms with Gasteiger partial charge in [0.25, 0.3) is 0 Å². The Bertz CT molecular complexity index is 389. The fourth-order valence-electron chi connectivity index (χ4n) is 1.70. The summed E-state index contributed by atoms with van der Waals surface area (Å²) in [6, 6.07) is 3.01. The Balaban J connectivity index is 2.35. The molecule has 0 spiro atoms. The zero-order chi connectivity index (χ0) is 10.8. The molecular weight excluding hydrogens is 216 g/mol. The predicted octanol–water partition coefficient (Wildman–Crippen LogP) is 2.03. The molecule has 0 amide bonds. The maximum absolute atomic E-state index is 10.8. The molecule has 1 saturated heterocycles. The first-order valence-electron chi connectivity index (χ1n) is 4.83. The first-order chi connectivity index (χ1) is 7.18. The smallest absolute Gasteiger partial charge is 0.354 e. The van der Waals surface area contributed by atoms with Gasteiger partial charge in [0.05, 0.1) is 5.02 Å². The van der Waals surface area contributed by atoms with Crippen LogP contribution in [0.4, 0.5) is 5.82 Å². The van der Waals surface area contributed by atoms with E-state index in [2.05, 4.69) is 4.98 Å². The Kier molecular flexibility index (Phi) is 2.77. The van der Waals surface area contributed by atoms with Gasteiger partial charge in [-0.1, -0.05) is 11.6 Å². The number of carbonyl (C=O) groups is 1. The maximum atomic E-state index is 10.8. The van der Waals surface area contributed by atoms with Crippen LogP contribution in [0.25, 0.3) is 0 Å². The molecule has 1 aliphatic rings. The molecule has 0 radical (unpaired) electrons. The van der Waals surface area contributed by atoms with Crippen molar-refractivity contribution in [1.82, 2.24) is 4.98 Å².